The molecule has 0 atom stereocenters. The Bertz CT molecular complexity index is 266. The van der Waals surface area contributed by atoms with Crippen LogP contribution in [0.4, 0.5) is 0 Å². The minimum atomic E-state index is -0.707. The molecule has 0 bridgehead atoms. The molecule has 0 aliphatic heterocycles. The van der Waals surface area contributed by atoms with Crippen LogP contribution in [0.15, 0.2) is 9.98 Å². The zero-order valence-electron chi connectivity index (χ0n) is 9.18. The molecule has 90 valence electrons. The molecular formula is C10H16N2OS3. The molecule has 0 unspecified atom stereocenters. The van der Waals surface area contributed by atoms with Gasteiger partial charge in [0.05, 0.1) is 10.3 Å². The van der Waals surface area contributed by atoms with Gasteiger partial charge in [-0.25, -0.2) is 9.98 Å². The Morgan fingerprint density at radius 2 is 1.31 bits per heavy atom. The number of isothiocyanates is 2. The fourth-order valence-electron chi connectivity index (χ4n) is 1.10. The Morgan fingerprint density at radius 3 is 1.69 bits per heavy atom. The van der Waals surface area contributed by atoms with Gasteiger partial charge in [-0.1, -0.05) is 0 Å². The molecular weight excluding hydrogens is 260 g/mol. The number of nitrogens with zero attached hydrogens (tertiary/aromatic N) is 2. The van der Waals surface area contributed by atoms with Crippen LogP contribution in [0.3, 0.4) is 0 Å². The Labute approximate surface area is 110 Å². The van der Waals surface area contributed by atoms with Gasteiger partial charge in [0.25, 0.3) is 0 Å². The van der Waals surface area contributed by atoms with Crippen LogP contribution in [0.2, 0.25) is 0 Å². The molecule has 0 aliphatic carbocycles. The van der Waals surface area contributed by atoms with Crippen LogP contribution in [-0.4, -0.2) is 39.1 Å². The standard InChI is InChI=1S/C10H16N2OS3/c13-16(7-3-1-5-11-9-14)8-4-2-6-12-10-15/h1-8H2. The molecule has 0 N–H and O–H groups in total. The van der Waals surface area contributed by atoms with Crippen LogP contribution in [0.25, 0.3) is 0 Å². The zero-order chi connectivity index (χ0) is 12.1. The molecule has 0 amide bonds. The van der Waals surface area contributed by atoms with Gasteiger partial charge in [-0.2, -0.15) is 0 Å². The monoisotopic (exact) mass is 276 g/mol. The largest absolute Gasteiger partial charge is 0.260 e. The van der Waals surface area contributed by atoms with E-state index in [1.54, 1.807) is 0 Å². The van der Waals surface area contributed by atoms with Crippen LogP contribution in [0.5, 0.6) is 0 Å². The molecule has 0 rings (SSSR count). The molecule has 0 aromatic rings. The number of hydrogen-bond acceptors (Lipinski definition) is 5. The number of rotatable bonds is 10. The van der Waals surface area contributed by atoms with E-state index in [-0.39, 0.29) is 0 Å². The Balaban J connectivity index is 3.30. The van der Waals surface area contributed by atoms with Gasteiger partial charge in [-0.05, 0) is 50.1 Å². The summed E-state index contributed by atoms with van der Waals surface area (Å²) in [5.74, 6) is 1.51. The van der Waals surface area contributed by atoms with E-state index < -0.39 is 10.8 Å². The van der Waals surface area contributed by atoms with Crippen LogP contribution in [-0.2, 0) is 10.8 Å². The SMILES string of the molecule is O=S(CCCCN=C=S)CCCCN=C=S. The summed E-state index contributed by atoms with van der Waals surface area (Å²) in [6.07, 6.45) is 3.74. The summed E-state index contributed by atoms with van der Waals surface area (Å²) in [7, 11) is -0.707. The van der Waals surface area contributed by atoms with Crippen molar-refractivity contribution in [2.24, 2.45) is 9.98 Å². The molecule has 0 aliphatic rings. The van der Waals surface area contributed by atoms with E-state index in [0.717, 1.165) is 37.2 Å². The maximum absolute atomic E-state index is 11.5. The van der Waals surface area contributed by atoms with Crippen molar-refractivity contribution in [1.82, 2.24) is 0 Å². The van der Waals surface area contributed by atoms with Crippen LogP contribution in [0, 0.1) is 0 Å². The average Bonchev–Trinajstić information content (AvgIpc) is 2.28. The van der Waals surface area contributed by atoms with E-state index in [0.29, 0.717) is 13.1 Å². The van der Waals surface area contributed by atoms with Crippen molar-refractivity contribution in [2.45, 2.75) is 25.7 Å². The third-order valence-electron chi connectivity index (χ3n) is 1.91. The van der Waals surface area contributed by atoms with E-state index in [1.807, 2.05) is 0 Å². The lowest BCUT2D eigenvalue weighted by Gasteiger charge is -2.00. The van der Waals surface area contributed by atoms with Crippen molar-refractivity contribution in [3.05, 3.63) is 0 Å². The van der Waals surface area contributed by atoms with Crippen LogP contribution >= 0.6 is 24.4 Å². The summed E-state index contributed by atoms with van der Waals surface area (Å²) >= 11 is 8.89. The van der Waals surface area contributed by atoms with Gasteiger partial charge in [-0.15, -0.1) is 0 Å². The van der Waals surface area contributed by atoms with Crippen molar-refractivity contribution in [2.75, 3.05) is 24.6 Å². The first-order chi connectivity index (χ1) is 7.81. The van der Waals surface area contributed by atoms with Crippen molar-refractivity contribution in [1.29, 1.82) is 0 Å². The first-order valence-corrected chi connectivity index (χ1v) is 7.54. The van der Waals surface area contributed by atoms with Gasteiger partial charge in [-0.3, -0.25) is 4.21 Å². The van der Waals surface area contributed by atoms with Gasteiger partial charge >= 0.3 is 0 Å². The number of unbranched alkanes of at least 4 members (excludes halogenated alkanes) is 2. The van der Waals surface area contributed by atoms with E-state index in [1.165, 1.54) is 0 Å². The second-order valence-corrected chi connectivity index (χ2v) is 5.27. The number of aliphatic imine (C=N–C) groups is 2. The minimum absolute atomic E-state index is 0.698. The fraction of sp³-hybridized carbons (Fsp3) is 0.800. The topological polar surface area (TPSA) is 41.8 Å². The highest BCUT2D eigenvalue weighted by Gasteiger charge is 1.99. The normalized spacial score (nSPS) is 11.2. The van der Waals surface area contributed by atoms with Crippen molar-refractivity contribution >= 4 is 45.6 Å². The smallest absolute Gasteiger partial charge is 0.0584 e. The molecule has 0 saturated carbocycles. The van der Waals surface area contributed by atoms with E-state index in [2.05, 4.69) is 44.7 Å². The molecule has 6 heteroatoms. The predicted molar refractivity (Wildman–Crippen MR) is 76.1 cm³/mol. The van der Waals surface area contributed by atoms with Crippen LogP contribution < -0.4 is 0 Å². The number of hydrogen-bond donors (Lipinski definition) is 0. The highest BCUT2D eigenvalue weighted by molar-refractivity contribution is 7.84. The Kier molecular flexibility index (Phi) is 12.6. The van der Waals surface area contributed by atoms with E-state index in [9.17, 15) is 4.21 Å². The molecule has 0 radical (unpaired) electrons. The molecule has 0 saturated heterocycles. The lowest BCUT2D eigenvalue weighted by Crippen LogP contribution is -2.03. The highest BCUT2D eigenvalue weighted by Crippen LogP contribution is 1.98. The maximum Gasteiger partial charge on any atom is 0.0584 e. The Hall–Kier alpha value is -0.250. The van der Waals surface area contributed by atoms with Crippen LogP contribution in [0.1, 0.15) is 25.7 Å². The molecule has 0 heterocycles. The first kappa shape index (κ1) is 15.8. The van der Waals surface area contributed by atoms with Gasteiger partial charge in [0, 0.05) is 35.4 Å². The minimum Gasteiger partial charge on any atom is -0.260 e. The second-order valence-electron chi connectivity index (χ2n) is 3.21. The number of thiocarbonyl (C=S) groups is 2. The molecule has 0 fully saturated rings. The molecule has 0 spiro atoms. The third kappa shape index (κ3) is 11.8. The zero-order valence-corrected chi connectivity index (χ0v) is 11.6. The van der Waals surface area contributed by atoms with E-state index >= 15 is 0 Å². The quantitative estimate of drug-likeness (QED) is 0.350. The van der Waals surface area contributed by atoms with E-state index in [4.69, 9.17) is 0 Å². The molecule has 16 heavy (non-hydrogen) atoms. The Morgan fingerprint density at radius 1 is 0.875 bits per heavy atom. The summed E-state index contributed by atoms with van der Waals surface area (Å²) in [5.41, 5.74) is 0. The summed E-state index contributed by atoms with van der Waals surface area (Å²) in [4.78, 5) is 7.60. The summed E-state index contributed by atoms with van der Waals surface area (Å²) in [6, 6.07) is 0. The summed E-state index contributed by atoms with van der Waals surface area (Å²) < 4.78 is 11.5. The average molecular weight is 276 g/mol. The third-order valence-corrected chi connectivity index (χ3v) is 3.66. The molecule has 3 nitrogen and oxygen atoms in total. The van der Waals surface area contributed by atoms with Gasteiger partial charge in [0.2, 0.25) is 0 Å². The van der Waals surface area contributed by atoms with Gasteiger partial charge in [0.15, 0.2) is 0 Å². The maximum atomic E-state index is 11.5. The second kappa shape index (κ2) is 12.8. The lowest BCUT2D eigenvalue weighted by atomic mass is 10.3. The molecule has 0 aromatic carbocycles. The van der Waals surface area contributed by atoms with Crippen molar-refractivity contribution in [3.63, 3.8) is 0 Å². The summed E-state index contributed by atoms with van der Waals surface area (Å²) in [6.45, 7) is 1.40. The van der Waals surface area contributed by atoms with Gasteiger partial charge in [0.1, 0.15) is 0 Å². The predicted octanol–water partition coefficient (Wildman–Crippen LogP) is 2.50. The van der Waals surface area contributed by atoms with Crippen molar-refractivity contribution < 1.29 is 4.21 Å². The van der Waals surface area contributed by atoms with Crippen molar-refractivity contribution in [3.8, 4) is 0 Å². The fourth-order valence-corrected chi connectivity index (χ4v) is 2.54. The highest BCUT2D eigenvalue weighted by atomic mass is 32.2. The lowest BCUT2D eigenvalue weighted by molar-refractivity contribution is 0.673. The molecule has 0 aromatic heterocycles. The van der Waals surface area contributed by atoms with Gasteiger partial charge < -0.3 is 0 Å². The summed E-state index contributed by atoms with van der Waals surface area (Å²) in [5, 5.41) is 4.63. The first-order valence-electron chi connectivity index (χ1n) is 5.23.